The Morgan fingerprint density at radius 1 is 1.42 bits per heavy atom. The van der Waals surface area contributed by atoms with Crippen molar-refractivity contribution in [1.29, 1.82) is 0 Å². The van der Waals surface area contributed by atoms with Crippen LogP contribution in [-0.4, -0.2) is 12.1 Å². The Bertz CT molecular complexity index is 207. The molecule has 0 unspecified atom stereocenters. The van der Waals surface area contributed by atoms with Gasteiger partial charge in [-0.3, -0.25) is 0 Å². The third-order valence-corrected chi connectivity index (χ3v) is 1.54. The van der Waals surface area contributed by atoms with Crippen molar-refractivity contribution in [2.45, 2.75) is 25.9 Å². The first-order chi connectivity index (χ1) is 5.11. The second-order valence-electron chi connectivity index (χ2n) is 2.69. The molecule has 0 aliphatic heterocycles. The van der Waals surface area contributed by atoms with Gasteiger partial charge in [0.25, 0.3) is 0 Å². The second kappa shape index (κ2) is 4.21. The van der Waals surface area contributed by atoms with Gasteiger partial charge in [-0.15, -0.1) is 12.4 Å². The van der Waals surface area contributed by atoms with E-state index in [2.05, 4.69) is 0 Å². The van der Waals surface area contributed by atoms with Crippen LogP contribution in [0.3, 0.4) is 0 Å². The number of esters is 1. The third-order valence-electron chi connectivity index (χ3n) is 1.54. The molecule has 0 radical (unpaired) electrons. The highest BCUT2D eigenvalue weighted by Gasteiger charge is 2.26. The summed E-state index contributed by atoms with van der Waals surface area (Å²) in [5.41, 5.74) is 10.7. The molecule has 1 saturated carbocycles. The Labute approximate surface area is 77.3 Å². The van der Waals surface area contributed by atoms with E-state index in [9.17, 15) is 4.79 Å². The monoisotopic (exact) mass is 192 g/mol. The average Bonchev–Trinajstić information content (AvgIpc) is 2.69. The maximum absolute atomic E-state index is 11.0. The predicted molar refractivity (Wildman–Crippen MR) is 47.4 cm³/mol. The minimum Gasteiger partial charge on any atom is -0.459 e. The van der Waals surface area contributed by atoms with E-state index in [1.807, 2.05) is 0 Å². The van der Waals surface area contributed by atoms with Crippen LogP contribution >= 0.6 is 12.4 Å². The first-order valence-corrected chi connectivity index (χ1v) is 3.54. The Balaban J connectivity index is 0.00000121. The molecular formula is C7H13ClN2O2. The number of halogens is 1. The number of carbonyl (C=O) groups excluding carboxylic acids is 1. The lowest BCUT2D eigenvalue weighted by molar-refractivity contribution is -0.140. The van der Waals surface area contributed by atoms with Crippen molar-refractivity contribution in [2.24, 2.45) is 11.5 Å². The lowest BCUT2D eigenvalue weighted by Gasteiger charge is -2.02. The van der Waals surface area contributed by atoms with Crippen molar-refractivity contribution in [3.63, 3.8) is 0 Å². The van der Waals surface area contributed by atoms with Crippen LogP contribution in [0.15, 0.2) is 11.4 Å². The van der Waals surface area contributed by atoms with Crippen LogP contribution in [0.4, 0.5) is 0 Å². The van der Waals surface area contributed by atoms with Gasteiger partial charge < -0.3 is 16.2 Å². The zero-order chi connectivity index (χ0) is 8.43. The topological polar surface area (TPSA) is 78.3 Å². The fourth-order valence-corrected chi connectivity index (χ4v) is 0.544. The van der Waals surface area contributed by atoms with Gasteiger partial charge in [0, 0.05) is 0 Å². The largest absolute Gasteiger partial charge is 0.459 e. The molecule has 1 aliphatic rings. The highest BCUT2D eigenvalue weighted by atomic mass is 35.5. The summed E-state index contributed by atoms with van der Waals surface area (Å²) in [6, 6.07) is 0. The SMILES string of the molecule is CC(C(=O)OC1CC1)=C(N)N.Cl. The van der Waals surface area contributed by atoms with E-state index in [1.165, 1.54) is 0 Å². The summed E-state index contributed by atoms with van der Waals surface area (Å²) in [6.45, 7) is 1.56. The van der Waals surface area contributed by atoms with Gasteiger partial charge in [-0.25, -0.2) is 4.79 Å². The number of carbonyl (C=O) groups is 1. The molecule has 0 spiro atoms. The van der Waals surface area contributed by atoms with Gasteiger partial charge in [-0.2, -0.15) is 0 Å². The van der Waals surface area contributed by atoms with Crippen molar-refractivity contribution in [3.8, 4) is 0 Å². The van der Waals surface area contributed by atoms with E-state index in [-0.39, 0.29) is 24.3 Å². The van der Waals surface area contributed by atoms with Crippen LogP contribution in [-0.2, 0) is 9.53 Å². The molecule has 12 heavy (non-hydrogen) atoms. The zero-order valence-electron chi connectivity index (χ0n) is 6.87. The summed E-state index contributed by atoms with van der Waals surface area (Å²) < 4.78 is 4.93. The third kappa shape index (κ3) is 3.00. The van der Waals surface area contributed by atoms with E-state index >= 15 is 0 Å². The minimum atomic E-state index is -0.396. The minimum absolute atomic E-state index is 0. The van der Waals surface area contributed by atoms with Crippen molar-refractivity contribution in [1.82, 2.24) is 0 Å². The number of ether oxygens (including phenoxy) is 1. The molecule has 5 heteroatoms. The average molecular weight is 193 g/mol. The molecule has 1 rings (SSSR count). The number of nitrogens with two attached hydrogens (primary N) is 2. The van der Waals surface area contributed by atoms with E-state index in [1.54, 1.807) is 6.92 Å². The molecule has 70 valence electrons. The normalized spacial score (nSPS) is 14.4. The second-order valence-corrected chi connectivity index (χ2v) is 2.69. The Hall–Kier alpha value is -0.900. The zero-order valence-corrected chi connectivity index (χ0v) is 7.69. The van der Waals surface area contributed by atoms with E-state index in [0.29, 0.717) is 5.57 Å². The molecule has 0 aromatic rings. The van der Waals surface area contributed by atoms with Crippen molar-refractivity contribution in [3.05, 3.63) is 11.4 Å². The summed E-state index contributed by atoms with van der Waals surface area (Å²) in [5, 5.41) is 0. The maximum Gasteiger partial charge on any atom is 0.337 e. The highest BCUT2D eigenvalue weighted by molar-refractivity contribution is 5.88. The van der Waals surface area contributed by atoms with Gasteiger partial charge in [-0.1, -0.05) is 0 Å². The first-order valence-electron chi connectivity index (χ1n) is 3.54. The molecule has 0 amide bonds. The number of rotatable bonds is 2. The van der Waals surface area contributed by atoms with Crippen LogP contribution in [0.2, 0.25) is 0 Å². The van der Waals surface area contributed by atoms with Gasteiger partial charge in [-0.05, 0) is 19.8 Å². The molecule has 0 atom stereocenters. The Kier molecular flexibility index (Phi) is 3.89. The van der Waals surface area contributed by atoms with Crippen LogP contribution in [0, 0.1) is 0 Å². The highest BCUT2D eigenvalue weighted by Crippen LogP contribution is 2.24. The molecule has 0 aromatic heterocycles. The molecule has 0 aromatic carbocycles. The van der Waals surface area contributed by atoms with E-state index < -0.39 is 5.97 Å². The Morgan fingerprint density at radius 2 is 1.92 bits per heavy atom. The maximum atomic E-state index is 11.0. The summed E-state index contributed by atoms with van der Waals surface area (Å²) >= 11 is 0. The van der Waals surface area contributed by atoms with Crippen LogP contribution < -0.4 is 11.5 Å². The van der Waals surface area contributed by atoms with Gasteiger partial charge in [0.1, 0.15) is 11.9 Å². The molecule has 0 heterocycles. The molecule has 1 aliphatic carbocycles. The fraction of sp³-hybridized carbons (Fsp3) is 0.571. The van der Waals surface area contributed by atoms with Crippen molar-refractivity contribution in [2.75, 3.05) is 0 Å². The summed E-state index contributed by atoms with van der Waals surface area (Å²) in [7, 11) is 0. The van der Waals surface area contributed by atoms with Crippen LogP contribution in [0.1, 0.15) is 19.8 Å². The molecular weight excluding hydrogens is 180 g/mol. The fourth-order valence-electron chi connectivity index (χ4n) is 0.544. The lowest BCUT2D eigenvalue weighted by atomic mass is 10.3. The van der Waals surface area contributed by atoms with Crippen LogP contribution in [0.25, 0.3) is 0 Å². The van der Waals surface area contributed by atoms with E-state index in [4.69, 9.17) is 16.2 Å². The van der Waals surface area contributed by atoms with Gasteiger partial charge in [0.15, 0.2) is 0 Å². The number of hydrogen-bond donors (Lipinski definition) is 2. The van der Waals surface area contributed by atoms with E-state index in [0.717, 1.165) is 12.8 Å². The smallest absolute Gasteiger partial charge is 0.337 e. The molecule has 4 N–H and O–H groups in total. The van der Waals surface area contributed by atoms with Gasteiger partial charge in [0.05, 0.1) is 5.57 Å². The molecule has 4 nitrogen and oxygen atoms in total. The summed E-state index contributed by atoms with van der Waals surface area (Å²) in [4.78, 5) is 11.0. The molecule has 0 saturated heterocycles. The summed E-state index contributed by atoms with van der Waals surface area (Å²) in [6.07, 6.45) is 2.03. The lowest BCUT2D eigenvalue weighted by Crippen LogP contribution is -2.18. The van der Waals surface area contributed by atoms with Crippen LogP contribution in [0.5, 0.6) is 0 Å². The predicted octanol–water partition coefficient (Wildman–Crippen LogP) is 0.263. The van der Waals surface area contributed by atoms with Gasteiger partial charge >= 0.3 is 5.97 Å². The van der Waals surface area contributed by atoms with Crippen molar-refractivity contribution >= 4 is 18.4 Å². The summed E-state index contributed by atoms with van der Waals surface area (Å²) in [5.74, 6) is -0.358. The standard InChI is InChI=1S/C7H12N2O2.ClH/c1-4(6(8)9)7(10)11-5-2-3-5;/h5H,2-3,8-9H2,1H3;1H. The Morgan fingerprint density at radius 3 is 2.25 bits per heavy atom. The molecule has 1 fully saturated rings. The van der Waals surface area contributed by atoms with Gasteiger partial charge in [0.2, 0.25) is 0 Å². The van der Waals surface area contributed by atoms with Crippen molar-refractivity contribution < 1.29 is 9.53 Å². The quantitative estimate of drug-likeness (QED) is 0.486. The molecule has 0 bridgehead atoms. The first kappa shape index (κ1) is 11.1. The number of hydrogen-bond acceptors (Lipinski definition) is 4.